The number of carbonyl (C=O) groups excluding carboxylic acids is 1. The monoisotopic (exact) mass is 551 g/mol. The number of aromatic nitrogens is 1. The Morgan fingerprint density at radius 3 is 2.59 bits per heavy atom. The zero-order valence-corrected chi connectivity index (χ0v) is 23.2. The van der Waals surface area contributed by atoms with Gasteiger partial charge < -0.3 is 20.9 Å². The molecule has 1 aliphatic heterocycles. The van der Waals surface area contributed by atoms with Gasteiger partial charge in [-0.3, -0.25) is 9.79 Å². The number of carbonyl (C=O) groups is 2. The molecule has 11 nitrogen and oxygen atoms in total. The van der Waals surface area contributed by atoms with Crippen LogP contribution in [0.15, 0.2) is 21.5 Å². The normalized spacial score (nSPS) is 15.9. The molecule has 0 fully saturated rings. The van der Waals surface area contributed by atoms with Crippen molar-refractivity contribution >= 4 is 39.2 Å². The van der Waals surface area contributed by atoms with Gasteiger partial charge in [0.25, 0.3) is 10.0 Å². The number of thiazole rings is 1. The Bertz CT molecular complexity index is 1320. The first kappa shape index (κ1) is 28.4. The lowest BCUT2D eigenvalue weighted by molar-refractivity contribution is 0.0831. The van der Waals surface area contributed by atoms with Crippen molar-refractivity contribution in [3.63, 3.8) is 0 Å². The second kappa shape index (κ2) is 11.1. The summed E-state index contributed by atoms with van der Waals surface area (Å²) in [5.74, 6) is 0.0142. The molecule has 202 valence electrons. The number of nitrogens with one attached hydrogen (secondary N) is 2. The van der Waals surface area contributed by atoms with E-state index in [-0.39, 0.29) is 40.9 Å². The first-order chi connectivity index (χ1) is 17.2. The average Bonchev–Trinajstić information content (AvgIpc) is 3.32. The Balaban J connectivity index is 1.71. The summed E-state index contributed by atoms with van der Waals surface area (Å²) in [6.07, 6.45) is 2.04. The summed E-state index contributed by atoms with van der Waals surface area (Å²) in [6.45, 7) is 9.46. The highest BCUT2D eigenvalue weighted by Crippen LogP contribution is 2.42. The van der Waals surface area contributed by atoms with Crippen molar-refractivity contribution in [2.45, 2.75) is 76.8 Å². The molecule has 1 amide bonds. The topological polar surface area (TPSA) is 173 Å². The van der Waals surface area contributed by atoms with E-state index in [0.717, 1.165) is 34.6 Å². The van der Waals surface area contributed by atoms with Crippen LogP contribution in [-0.2, 0) is 16.4 Å². The lowest BCUT2D eigenvalue weighted by atomic mass is 9.88. The van der Waals surface area contributed by atoms with Gasteiger partial charge >= 0.3 is 6.09 Å². The predicted octanol–water partition coefficient (Wildman–Crippen LogP) is 3.06. The fourth-order valence-electron chi connectivity index (χ4n) is 4.38. The van der Waals surface area contributed by atoms with Gasteiger partial charge in [-0.2, -0.15) is 0 Å². The van der Waals surface area contributed by atoms with Crippen molar-refractivity contribution in [3.8, 4) is 5.75 Å². The van der Waals surface area contributed by atoms with Gasteiger partial charge in [-0.15, -0.1) is 11.3 Å². The Labute approximate surface area is 220 Å². The van der Waals surface area contributed by atoms with Crippen LogP contribution in [0, 0.1) is 20.8 Å². The summed E-state index contributed by atoms with van der Waals surface area (Å²) in [6, 6.07) is -0.993. The molecule has 13 heteroatoms. The Hall–Kier alpha value is -3.19. The van der Waals surface area contributed by atoms with E-state index in [1.165, 1.54) is 6.20 Å². The number of carboxylic acid groups (broad SMARTS) is 1. The van der Waals surface area contributed by atoms with E-state index in [1.54, 1.807) is 19.2 Å². The highest BCUT2D eigenvalue weighted by molar-refractivity contribution is 7.90. The summed E-state index contributed by atoms with van der Waals surface area (Å²) in [5.41, 5.74) is 8.42. The van der Waals surface area contributed by atoms with Crippen molar-refractivity contribution in [3.05, 3.63) is 38.8 Å². The zero-order chi connectivity index (χ0) is 27.5. The van der Waals surface area contributed by atoms with Crippen molar-refractivity contribution < 1.29 is 27.9 Å². The molecule has 1 aliphatic rings. The van der Waals surface area contributed by atoms with Crippen LogP contribution in [0.2, 0.25) is 0 Å². The average molecular weight is 552 g/mol. The SMILES string of the molecule is Cc1c(C)c(S(=O)(=O)NC(N)=NCCC[C@H](NC(=O)O)C(=O)c2nccs2)c(C)c2c1OC(C)(C)CC2. The number of Topliss-reactive ketones (excluding diaryl/α,β-unsaturated/α-hetero) is 1. The van der Waals surface area contributed by atoms with Crippen LogP contribution in [0.5, 0.6) is 5.75 Å². The number of nitrogens with two attached hydrogens (primary N) is 1. The van der Waals surface area contributed by atoms with E-state index in [0.29, 0.717) is 17.5 Å². The Morgan fingerprint density at radius 2 is 1.97 bits per heavy atom. The number of nitrogens with zero attached hydrogens (tertiary/aromatic N) is 2. The predicted molar refractivity (Wildman–Crippen MR) is 141 cm³/mol. The van der Waals surface area contributed by atoms with Gasteiger partial charge in [0.1, 0.15) is 11.4 Å². The summed E-state index contributed by atoms with van der Waals surface area (Å²) in [5, 5.41) is 13.1. The summed E-state index contributed by atoms with van der Waals surface area (Å²) in [4.78, 5) is 31.8. The van der Waals surface area contributed by atoms with Crippen molar-refractivity contribution in [2.24, 2.45) is 10.7 Å². The van der Waals surface area contributed by atoms with Crippen LogP contribution in [0.25, 0.3) is 0 Å². The second-order valence-electron chi connectivity index (χ2n) is 9.59. The number of ketones is 1. The zero-order valence-electron chi connectivity index (χ0n) is 21.5. The first-order valence-electron chi connectivity index (χ1n) is 11.8. The Kier molecular flexibility index (Phi) is 8.48. The molecule has 1 atom stereocenters. The molecule has 3 rings (SSSR count). The van der Waals surface area contributed by atoms with Gasteiger partial charge in [-0.25, -0.2) is 22.9 Å². The summed E-state index contributed by atoms with van der Waals surface area (Å²) < 4.78 is 35.1. The number of amides is 1. The quantitative estimate of drug-likeness (QED) is 0.159. The molecule has 0 unspecified atom stereocenters. The standard InChI is InChI=1S/C24H33N5O6S2/c1-13-14(2)20(15(3)16-8-9-24(4,5)35-19(13)16)37(33,34)29-22(25)27-10-6-7-17(28-23(31)32)18(30)21-26-11-12-36-21/h11-12,17,28H,6-10H2,1-5H3,(H,31,32)(H3,25,27,29)/t17-/m0/s1. The van der Waals surface area contributed by atoms with E-state index in [9.17, 15) is 18.0 Å². The molecular formula is C24H33N5O6S2. The first-order valence-corrected chi connectivity index (χ1v) is 14.2. The van der Waals surface area contributed by atoms with Gasteiger partial charge in [-0.05, 0) is 82.6 Å². The van der Waals surface area contributed by atoms with E-state index in [4.69, 9.17) is 15.6 Å². The van der Waals surface area contributed by atoms with Crippen molar-refractivity contribution in [1.82, 2.24) is 15.0 Å². The maximum atomic E-state index is 13.3. The number of rotatable bonds is 9. The van der Waals surface area contributed by atoms with E-state index < -0.39 is 27.9 Å². The van der Waals surface area contributed by atoms with Gasteiger partial charge in [0.15, 0.2) is 5.01 Å². The maximum absolute atomic E-state index is 13.3. The minimum atomic E-state index is -4.03. The third-order valence-corrected chi connectivity index (χ3v) is 8.78. The van der Waals surface area contributed by atoms with Crippen LogP contribution in [0.4, 0.5) is 4.79 Å². The highest BCUT2D eigenvalue weighted by atomic mass is 32.2. The second-order valence-corrected chi connectivity index (χ2v) is 12.1. The van der Waals surface area contributed by atoms with Crippen LogP contribution < -0.4 is 20.5 Å². The maximum Gasteiger partial charge on any atom is 0.405 e. The van der Waals surface area contributed by atoms with E-state index in [2.05, 4.69) is 20.0 Å². The number of ether oxygens (including phenoxy) is 1. The van der Waals surface area contributed by atoms with Crippen LogP contribution in [0.1, 0.15) is 65.2 Å². The minimum Gasteiger partial charge on any atom is -0.487 e. The molecule has 1 aromatic carbocycles. The summed E-state index contributed by atoms with van der Waals surface area (Å²) in [7, 11) is -4.03. The largest absolute Gasteiger partial charge is 0.487 e. The van der Waals surface area contributed by atoms with Crippen LogP contribution >= 0.6 is 11.3 Å². The Morgan fingerprint density at radius 1 is 1.27 bits per heavy atom. The third kappa shape index (κ3) is 6.58. The third-order valence-electron chi connectivity index (χ3n) is 6.36. The molecular weight excluding hydrogens is 518 g/mol. The molecule has 0 saturated carbocycles. The van der Waals surface area contributed by atoms with E-state index >= 15 is 0 Å². The number of hydrogen-bond donors (Lipinski definition) is 4. The lowest BCUT2D eigenvalue weighted by Crippen LogP contribution is -2.40. The highest BCUT2D eigenvalue weighted by Gasteiger charge is 2.33. The number of fused-ring (bicyclic) bond motifs is 1. The van der Waals surface area contributed by atoms with Gasteiger partial charge in [-0.1, -0.05) is 0 Å². The molecule has 37 heavy (non-hydrogen) atoms. The number of aliphatic imine (C=N–C) groups is 1. The molecule has 0 saturated heterocycles. The van der Waals surface area contributed by atoms with Gasteiger partial charge in [0, 0.05) is 18.1 Å². The molecule has 0 aliphatic carbocycles. The van der Waals surface area contributed by atoms with Gasteiger partial charge in [0.05, 0.1) is 10.9 Å². The molecule has 0 radical (unpaired) electrons. The molecule has 2 aromatic rings. The fourth-order valence-corrected chi connectivity index (χ4v) is 6.53. The van der Waals surface area contributed by atoms with Crippen molar-refractivity contribution in [2.75, 3.05) is 6.54 Å². The minimum absolute atomic E-state index is 0.0847. The van der Waals surface area contributed by atoms with Gasteiger partial charge in [0.2, 0.25) is 11.7 Å². The number of guanidine groups is 1. The smallest absolute Gasteiger partial charge is 0.405 e. The number of sulfonamides is 1. The molecule has 0 spiro atoms. The summed E-state index contributed by atoms with van der Waals surface area (Å²) >= 11 is 1.12. The number of hydrogen-bond acceptors (Lipinski definition) is 8. The van der Waals surface area contributed by atoms with Crippen LogP contribution in [-0.4, -0.2) is 54.5 Å². The number of benzene rings is 1. The van der Waals surface area contributed by atoms with Crippen molar-refractivity contribution in [1.29, 1.82) is 0 Å². The molecule has 0 bridgehead atoms. The molecule has 2 heterocycles. The lowest BCUT2D eigenvalue weighted by Gasteiger charge is -2.35. The molecule has 5 N–H and O–H groups in total. The molecule has 1 aromatic heterocycles. The fraction of sp³-hybridized carbons (Fsp3) is 0.500. The van der Waals surface area contributed by atoms with Crippen LogP contribution in [0.3, 0.4) is 0 Å². The van der Waals surface area contributed by atoms with E-state index in [1.807, 2.05) is 20.8 Å².